The number of carbonyl (C=O) groups is 1. The molecule has 1 atom stereocenters. The SMILES string of the molecule is CCOc1ccc2c(c1)CC(C(=O)NCC1(COC)CCNCC1)CO2. The third-order valence-electron chi connectivity index (χ3n) is 5.37. The first-order valence-corrected chi connectivity index (χ1v) is 9.52. The van der Waals surface area contributed by atoms with E-state index in [-0.39, 0.29) is 17.2 Å². The zero-order chi connectivity index (χ0) is 18.4. The molecule has 1 saturated heterocycles. The van der Waals surface area contributed by atoms with E-state index in [1.807, 2.05) is 25.1 Å². The fourth-order valence-corrected chi connectivity index (χ4v) is 3.85. The van der Waals surface area contributed by atoms with Crippen LogP contribution in [0.25, 0.3) is 0 Å². The molecule has 6 heteroatoms. The van der Waals surface area contributed by atoms with Crippen molar-refractivity contribution in [1.29, 1.82) is 0 Å². The number of benzene rings is 1. The van der Waals surface area contributed by atoms with Crippen LogP contribution in [0.2, 0.25) is 0 Å². The quantitative estimate of drug-likeness (QED) is 0.774. The van der Waals surface area contributed by atoms with E-state index in [4.69, 9.17) is 14.2 Å². The van der Waals surface area contributed by atoms with Crippen molar-refractivity contribution in [2.75, 3.05) is 46.6 Å². The molecule has 0 aliphatic carbocycles. The minimum atomic E-state index is -0.166. The average molecular weight is 362 g/mol. The molecule has 2 aliphatic rings. The molecule has 0 spiro atoms. The van der Waals surface area contributed by atoms with Gasteiger partial charge in [0.1, 0.15) is 18.1 Å². The van der Waals surface area contributed by atoms with Gasteiger partial charge < -0.3 is 24.8 Å². The molecule has 0 bridgehead atoms. The third-order valence-corrected chi connectivity index (χ3v) is 5.37. The van der Waals surface area contributed by atoms with Crippen LogP contribution >= 0.6 is 0 Å². The van der Waals surface area contributed by atoms with Gasteiger partial charge in [0.25, 0.3) is 0 Å². The Labute approximate surface area is 155 Å². The monoisotopic (exact) mass is 362 g/mol. The Balaban J connectivity index is 1.59. The van der Waals surface area contributed by atoms with Crippen molar-refractivity contribution in [3.8, 4) is 11.5 Å². The number of piperidine rings is 1. The molecule has 3 rings (SSSR count). The van der Waals surface area contributed by atoms with E-state index in [9.17, 15) is 4.79 Å². The minimum absolute atomic E-state index is 0.0330. The van der Waals surface area contributed by atoms with Gasteiger partial charge in [-0.1, -0.05) is 0 Å². The lowest BCUT2D eigenvalue weighted by atomic mass is 9.79. The number of hydrogen-bond acceptors (Lipinski definition) is 5. The summed E-state index contributed by atoms with van der Waals surface area (Å²) in [6, 6.07) is 5.82. The second-order valence-corrected chi connectivity index (χ2v) is 7.32. The van der Waals surface area contributed by atoms with Gasteiger partial charge in [0.05, 0.1) is 19.1 Å². The van der Waals surface area contributed by atoms with Crippen molar-refractivity contribution in [2.24, 2.45) is 11.3 Å². The molecule has 6 nitrogen and oxygen atoms in total. The second kappa shape index (κ2) is 8.73. The maximum atomic E-state index is 12.7. The van der Waals surface area contributed by atoms with Crippen molar-refractivity contribution >= 4 is 5.91 Å². The molecule has 0 saturated carbocycles. The van der Waals surface area contributed by atoms with Crippen LogP contribution in [0.5, 0.6) is 11.5 Å². The molecule has 2 N–H and O–H groups in total. The lowest BCUT2D eigenvalue weighted by Gasteiger charge is -2.37. The van der Waals surface area contributed by atoms with Gasteiger partial charge in [-0.15, -0.1) is 0 Å². The number of rotatable bonds is 7. The molecule has 1 unspecified atom stereocenters. The summed E-state index contributed by atoms with van der Waals surface area (Å²) in [5.74, 6) is 1.57. The van der Waals surface area contributed by atoms with Crippen molar-refractivity contribution in [1.82, 2.24) is 10.6 Å². The first-order valence-electron chi connectivity index (χ1n) is 9.52. The molecule has 2 heterocycles. The summed E-state index contributed by atoms with van der Waals surface area (Å²) in [6.45, 7) is 6.29. The Bertz CT molecular complexity index is 608. The number of fused-ring (bicyclic) bond motifs is 1. The van der Waals surface area contributed by atoms with Gasteiger partial charge in [0.15, 0.2) is 0 Å². The summed E-state index contributed by atoms with van der Waals surface area (Å²) in [6.07, 6.45) is 2.71. The van der Waals surface area contributed by atoms with Crippen LogP contribution < -0.4 is 20.1 Å². The zero-order valence-corrected chi connectivity index (χ0v) is 15.8. The molecule has 1 amide bonds. The smallest absolute Gasteiger partial charge is 0.226 e. The van der Waals surface area contributed by atoms with Crippen molar-refractivity contribution in [3.05, 3.63) is 23.8 Å². The van der Waals surface area contributed by atoms with Crippen LogP contribution in [0.1, 0.15) is 25.3 Å². The predicted molar refractivity (Wildman–Crippen MR) is 99.7 cm³/mol. The standard InChI is InChI=1S/C20H30N2O4/c1-3-25-17-4-5-18-15(11-17)10-16(12-26-18)19(23)22-13-20(14-24-2)6-8-21-9-7-20/h4-5,11,16,21H,3,6-10,12-14H2,1-2H3,(H,22,23). The van der Waals surface area contributed by atoms with Crippen LogP contribution in [-0.2, 0) is 16.0 Å². The normalized spacial score (nSPS) is 21.4. The van der Waals surface area contributed by atoms with Gasteiger partial charge >= 0.3 is 0 Å². The zero-order valence-electron chi connectivity index (χ0n) is 15.8. The number of ether oxygens (including phenoxy) is 3. The minimum Gasteiger partial charge on any atom is -0.494 e. The number of nitrogens with one attached hydrogen (secondary N) is 2. The van der Waals surface area contributed by atoms with Crippen molar-refractivity contribution < 1.29 is 19.0 Å². The Morgan fingerprint density at radius 1 is 1.38 bits per heavy atom. The number of amides is 1. The highest BCUT2D eigenvalue weighted by atomic mass is 16.5. The molecule has 144 valence electrons. The van der Waals surface area contributed by atoms with Crippen molar-refractivity contribution in [2.45, 2.75) is 26.2 Å². The summed E-state index contributed by atoms with van der Waals surface area (Å²) < 4.78 is 16.8. The van der Waals surface area contributed by atoms with Crippen LogP contribution in [0.3, 0.4) is 0 Å². The topological polar surface area (TPSA) is 68.8 Å². The first kappa shape index (κ1) is 19.0. The first-order chi connectivity index (χ1) is 12.7. The van der Waals surface area contributed by atoms with E-state index < -0.39 is 0 Å². The Morgan fingerprint density at radius 2 is 2.19 bits per heavy atom. The van der Waals surface area contributed by atoms with Crippen LogP contribution in [0, 0.1) is 11.3 Å². The maximum absolute atomic E-state index is 12.7. The van der Waals surface area contributed by atoms with Crippen LogP contribution in [-0.4, -0.2) is 52.5 Å². The molecule has 0 aromatic heterocycles. The lowest BCUT2D eigenvalue weighted by Crippen LogP contribution is -2.49. The molecular weight excluding hydrogens is 332 g/mol. The maximum Gasteiger partial charge on any atom is 0.226 e. The van der Waals surface area contributed by atoms with Gasteiger partial charge in [-0.25, -0.2) is 0 Å². The molecule has 1 aromatic rings. The molecular formula is C20H30N2O4. The highest BCUT2D eigenvalue weighted by Crippen LogP contribution is 2.32. The van der Waals surface area contributed by atoms with Gasteiger partial charge in [0.2, 0.25) is 5.91 Å². The average Bonchev–Trinajstić information content (AvgIpc) is 2.67. The van der Waals surface area contributed by atoms with Gasteiger partial charge in [-0.3, -0.25) is 4.79 Å². The fraction of sp³-hybridized carbons (Fsp3) is 0.650. The van der Waals surface area contributed by atoms with E-state index >= 15 is 0 Å². The highest BCUT2D eigenvalue weighted by Gasteiger charge is 2.34. The molecule has 0 radical (unpaired) electrons. The van der Waals surface area contributed by atoms with Crippen molar-refractivity contribution in [3.63, 3.8) is 0 Å². The highest BCUT2D eigenvalue weighted by molar-refractivity contribution is 5.79. The van der Waals surface area contributed by atoms with Crippen LogP contribution in [0.15, 0.2) is 18.2 Å². The molecule has 26 heavy (non-hydrogen) atoms. The summed E-state index contributed by atoms with van der Waals surface area (Å²) in [4.78, 5) is 12.7. The summed E-state index contributed by atoms with van der Waals surface area (Å²) >= 11 is 0. The molecule has 1 fully saturated rings. The van der Waals surface area contributed by atoms with E-state index in [1.54, 1.807) is 7.11 Å². The Morgan fingerprint density at radius 3 is 2.92 bits per heavy atom. The largest absolute Gasteiger partial charge is 0.494 e. The number of carbonyl (C=O) groups excluding carboxylic acids is 1. The Kier molecular flexibility index (Phi) is 6.38. The second-order valence-electron chi connectivity index (χ2n) is 7.32. The van der Waals surface area contributed by atoms with E-state index in [0.29, 0.717) is 32.8 Å². The Hall–Kier alpha value is -1.79. The summed E-state index contributed by atoms with van der Waals surface area (Å²) in [5, 5.41) is 6.54. The number of methoxy groups -OCH3 is 1. The number of hydrogen-bond donors (Lipinski definition) is 2. The lowest BCUT2D eigenvalue weighted by molar-refractivity contribution is -0.127. The fourth-order valence-electron chi connectivity index (χ4n) is 3.85. The van der Waals surface area contributed by atoms with E-state index in [2.05, 4.69) is 10.6 Å². The van der Waals surface area contributed by atoms with E-state index in [0.717, 1.165) is 43.0 Å². The van der Waals surface area contributed by atoms with Gasteiger partial charge in [0, 0.05) is 19.1 Å². The van der Waals surface area contributed by atoms with E-state index in [1.165, 1.54) is 0 Å². The molecule has 1 aromatic carbocycles. The summed E-state index contributed by atoms with van der Waals surface area (Å²) in [5.41, 5.74) is 1.07. The third kappa shape index (κ3) is 4.48. The van der Waals surface area contributed by atoms with Crippen LogP contribution in [0.4, 0.5) is 0 Å². The summed E-state index contributed by atoms with van der Waals surface area (Å²) in [7, 11) is 1.73. The van der Waals surface area contributed by atoms with Gasteiger partial charge in [-0.05, 0) is 63.0 Å². The van der Waals surface area contributed by atoms with Gasteiger partial charge in [-0.2, -0.15) is 0 Å². The predicted octanol–water partition coefficient (Wildman–Crippen LogP) is 1.77. The molecule has 2 aliphatic heterocycles.